The third kappa shape index (κ3) is 5.84. The maximum atomic E-state index is 6.17. The van der Waals surface area contributed by atoms with Crippen molar-refractivity contribution in [2.45, 2.75) is 44.8 Å². The molecule has 1 aromatic rings. The molecule has 0 unspecified atom stereocenters. The van der Waals surface area contributed by atoms with E-state index in [-0.39, 0.29) is 0 Å². The Labute approximate surface area is 165 Å². The highest BCUT2D eigenvalue weighted by atomic mass is 79.9. The van der Waals surface area contributed by atoms with Gasteiger partial charge >= 0.3 is 0 Å². The fraction of sp³-hybridized carbons (Fsp3) is 0.700. The topological polar surface area (TPSA) is 48.7 Å². The molecule has 1 heterocycles. The van der Waals surface area contributed by atoms with Crippen LogP contribution in [0.4, 0.5) is 0 Å². The van der Waals surface area contributed by atoms with Crippen molar-refractivity contribution < 1.29 is 24.4 Å². The molecule has 146 valence electrons. The first-order valence-corrected chi connectivity index (χ1v) is 10.8. The predicted molar refractivity (Wildman–Crippen MR) is 105 cm³/mol. The van der Waals surface area contributed by atoms with Crippen LogP contribution in [0.5, 0.6) is 11.5 Å². The average Bonchev–Trinajstić information content (AvgIpc) is 3.17. The second kappa shape index (κ2) is 10.5. The van der Waals surface area contributed by atoms with E-state index in [1.165, 1.54) is 31.4 Å². The summed E-state index contributed by atoms with van der Waals surface area (Å²) in [6, 6.07) is 4.20. The fourth-order valence-corrected chi connectivity index (χ4v) is 4.32. The van der Waals surface area contributed by atoms with Gasteiger partial charge in [0.25, 0.3) is 0 Å². The molecule has 1 aliphatic heterocycles. The molecule has 1 saturated carbocycles. The number of halogens is 1. The maximum absolute atomic E-state index is 6.17. The van der Waals surface area contributed by atoms with Gasteiger partial charge in [-0.05, 0) is 37.8 Å². The van der Waals surface area contributed by atoms with E-state index < -0.39 is 0 Å². The molecule has 5 nitrogen and oxygen atoms in total. The number of nitrogens with one attached hydrogen (secondary N) is 1. The first kappa shape index (κ1) is 19.9. The van der Waals surface area contributed by atoms with Crippen LogP contribution in [0.25, 0.3) is 0 Å². The summed E-state index contributed by atoms with van der Waals surface area (Å²) in [7, 11) is 1.73. The fourth-order valence-electron chi connectivity index (χ4n) is 3.84. The van der Waals surface area contributed by atoms with Crippen LogP contribution in [0.15, 0.2) is 16.6 Å². The molecule has 0 bridgehead atoms. The molecule has 0 radical (unpaired) electrons. The van der Waals surface area contributed by atoms with Crippen LogP contribution in [0.3, 0.4) is 0 Å². The quantitative estimate of drug-likeness (QED) is 0.579. The SMILES string of the molecule is COc1cc(C[NH2+]CCC[NH+]2CCOCC2)c(Br)cc1OC1CCCC1. The standard InChI is InChI=1S/C20H31BrN2O3/c1-24-19-13-16(15-22-7-4-8-23-9-11-25-12-10-23)18(21)14-20(19)26-17-5-2-3-6-17/h13-14,17,22H,2-12,15H2,1H3/p+2. The van der Waals surface area contributed by atoms with E-state index in [4.69, 9.17) is 14.2 Å². The minimum atomic E-state index is 0.343. The summed E-state index contributed by atoms with van der Waals surface area (Å²) in [5.74, 6) is 1.72. The van der Waals surface area contributed by atoms with Gasteiger partial charge in [0.15, 0.2) is 11.5 Å². The van der Waals surface area contributed by atoms with Gasteiger partial charge in [-0.3, -0.25) is 0 Å². The number of nitrogens with two attached hydrogens (primary N) is 1. The van der Waals surface area contributed by atoms with Gasteiger partial charge in [0.05, 0.1) is 39.5 Å². The smallest absolute Gasteiger partial charge is 0.162 e. The van der Waals surface area contributed by atoms with Gasteiger partial charge in [0.2, 0.25) is 0 Å². The van der Waals surface area contributed by atoms with E-state index in [0.717, 1.165) is 68.2 Å². The molecule has 1 aliphatic carbocycles. The Bertz CT molecular complexity index is 558. The van der Waals surface area contributed by atoms with Crippen molar-refractivity contribution in [3.8, 4) is 11.5 Å². The van der Waals surface area contributed by atoms with E-state index in [9.17, 15) is 0 Å². The number of benzene rings is 1. The molecular formula is C20H33BrN2O3+2. The lowest BCUT2D eigenvalue weighted by molar-refractivity contribution is -0.909. The molecule has 0 spiro atoms. The lowest BCUT2D eigenvalue weighted by Crippen LogP contribution is -3.14. The van der Waals surface area contributed by atoms with E-state index >= 15 is 0 Å². The Balaban J connectivity index is 1.46. The molecule has 2 aliphatic rings. The number of morpholine rings is 1. The number of hydrogen-bond acceptors (Lipinski definition) is 3. The van der Waals surface area contributed by atoms with Crippen molar-refractivity contribution >= 4 is 15.9 Å². The van der Waals surface area contributed by atoms with Gasteiger partial charge in [0, 0.05) is 16.5 Å². The van der Waals surface area contributed by atoms with Crippen LogP contribution in [-0.2, 0) is 11.3 Å². The van der Waals surface area contributed by atoms with Crippen molar-refractivity contribution in [3.05, 3.63) is 22.2 Å². The van der Waals surface area contributed by atoms with Crippen LogP contribution >= 0.6 is 15.9 Å². The zero-order valence-electron chi connectivity index (χ0n) is 15.9. The second-order valence-electron chi connectivity index (χ2n) is 7.37. The normalized spacial score (nSPS) is 19.0. The molecule has 0 aromatic heterocycles. The number of rotatable bonds is 9. The molecular weight excluding hydrogens is 396 g/mol. The summed E-state index contributed by atoms with van der Waals surface area (Å²) < 4.78 is 18.3. The summed E-state index contributed by atoms with van der Waals surface area (Å²) in [6.45, 7) is 7.51. The Hall–Kier alpha value is -0.820. The first-order valence-electron chi connectivity index (χ1n) is 10.0. The number of ether oxygens (including phenoxy) is 3. The van der Waals surface area contributed by atoms with Gasteiger partial charge in [-0.2, -0.15) is 0 Å². The zero-order valence-corrected chi connectivity index (χ0v) is 17.5. The van der Waals surface area contributed by atoms with Gasteiger partial charge in [0.1, 0.15) is 19.6 Å². The van der Waals surface area contributed by atoms with Crippen LogP contribution < -0.4 is 19.7 Å². The molecule has 0 atom stereocenters. The first-order chi connectivity index (χ1) is 12.8. The zero-order chi connectivity index (χ0) is 18.2. The maximum Gasteiger partial charge on any atom is 0.162 e. The minimum absolute atomic E-state index is 0.343. The van der Waals surface area contributed by atoms with Gasteiger partial charge < -0.3 is 24.4 Å². The highest BCUT2D eigenvalue weighted by molar-refractivity contribution is 9.10. The van der Waals surface area contributed by atoms with Crippen molar-refractivity contribution in [1.82, 2.24) is 0 Å². The minimum Gasteiger partial charge on any atom is -0.493 e. The van der Waals surface area contributed by atoms with Gasteiger partial charge in [-0.1, -0.05) is 15.9 Å². The van der Waals surface area contributed by atoms with Crippen LogP contribution in [0.2, 0.25) is 0 Å². The van der Waals surface area contributed by atoms with E-state index in [0.29, 0.717) is 6.10 Å². The van der Waals surface area contributed by atoms with Gasteiger partial charge in [-0.15, -0.1) is 0 Å². The third-order valence-electron chi connectivity index (χ3n) is 5.43. The van der Waals surface area contributed by atoms with E-state index in [1.54, 1.807) is 12.0 Å². The Morgan fingerprint density at radius 2 is 1.96 bits per heavy atom. The molecule has 0 amide bonds. The highest BCUT2D eigenvalue weighted by Gasteiger charge is 2.20. The van der Waals surface area contributed by atoms with Gasteiger partial charge in [-0.25, -0.2) is 0 Å². The lowest BCUT2D eigenvalue weighted by atomic mass is 10.2. The van der Waals surface area contributed by atoms with E-state index in [1.807, 2.05) is 0 Å². The molecule has 3 rings (SSSR count). The monoisotopic (exact) mass is 428 g/mol. The van der Waals surface area contributed by atoms with Crippen molar-refractivity contribution in [2.24, 2.45) is 0 Å². The van der Waals surface area contributed by atoms with Crippen molar-refractivity contribution in [1.29, 1.82) is 0 Å². The molecule has 3 N–H and O–H groups in total. The summed E-state index contributed by atoms with van der Waals surface area (Å²) in [5.41, 5.74) is 1.26. The second-order valence-corrected chi connectivity index (χ2v) is 8.22. The number of quaternary nitrogens is 2. The Morgan fingerprint density at radius 1 is 1.19 bits per heavy atom. The third-order valence-corrected chi connectivity index (χ3v) is 6.17. The molecule has 1 saturated heterocycles. The summed E-state index contributed by atoms with van der Waals surface area (Å²) in [6.07, 6.45) is 6.44. The average molecular weight is 429 g/mol. The number of hydrogen-bond donors (Lipinski definition) is 2. The number of methoxy groups -OCH3 is 1. The van der Waals surface area contributed by atoms with Crippen LogP contribution in [0.1, 0.15) is 37.7 Å². The van der Waals surface area contributed by atoms with Crippen LogP contribution in [-0.4, -0.2) is 52.6 Å². The largest absolute Gasteiger partial charge is 0.493 e. The van der Waals surface area contributed by atoms with E-state index in [2.05, 4.69) is 33.4 Å². The summed E-state index contributed by atoms with van der Waals surface area (Å²) in [4.78, 5) is 1.68. The molecule has 1 aromatic carbocycles. The predicted octanol–water partition coefficient (Wildman–Crippen LogP) is 1.15. The Morgan fingerprint density at radius 3 is 2.69 bits per heavy atom. The summed E-state index contributed by atoms with van der Waals surface area (Å²) >= 11 is 3.72. The lowest BCUT2D eigenvalue weighted by Gasteiger charge is -2.23. The van der Waals surface area contributed by atoms with Crippen LogP contribution in [0, 0.1) is 0 Å². The van der Waals surface area contributed by atoms with Crippen molar-refractivity contribution in [3.63, 3.8) is 0 Å². The highest BCUT2D eigenvalue weighted by Crippen LogP contribution is 2.35. The molecule has 26 heavy (non-hydrogen) atoms. The Kier molecular flexibility index (Phi) is 8.05. The van der Waals surface area contributed by atoms with Crippen molar-refractivity contribution in [2.75, 3.05) is 46.5 Å². The molecule has 2 fully saturated rings. The summed E-state index contributed by atoms with van der Waals surface area (Å²) in [5, 5.41) is 2.39. The molecule has 6 heteroatoms.